The Kier molecular flexibility index (Phi) is 5.53. The topological polar surface area (TPSA) is 101 Å². The predicted molar refractivity (Wildman–Crippen MR) is 125 cm³/mol. The maximum absolute atomic E-state index is 12.7. The molecule has 1 saturated carbocycles. The van der Waals surface area contributed by atoms with E-state index >= 15 is 0 Å². The lowest BCUT2D eigenvalue weighted by molar-refractivity contribution is 0.0923. The number of hydrogen-bond donors (Lipinski definition) is 3. The first-order valence-electron chi connectivity index (χ1n) is 10.8. The number of nitrogens with one attached hydrogen (secondary N) is 3. The van der Waals surface area contributed by atoms with Crippen molar-refractivity contribution in [2.75, 3.05) is 5.32 Å². The van der Waals surface area contributed by atoms with Gasteiger partial charge in [-0.3, -0.25) is 4.79 Å². The zero-order valence-electron chi connectivity index (χ0n) is 17.7. The van der Waals surface area contributed by atoms with Crippen molar-refractivity contribution in [3.63, 3.8) is 0 Å². The number of hydrogen-bond acceptors (Lipinski definition) is 5. The summed E-state index contributed by atoms with van der Waals surface area (Å²) in [6.07, 6.45) is 11.0. The second-order valence-electron chi connectivity index (χ2n) is 8.23. The van der Waals surface area contributed by atoms with Crippen LogP contribution in [0.1, 0.15) is 42.6 Å². The highest BCUT2D eigenvalue weighted by Crippen LogP contribution is 2.30. The Morgan fingerprint density at radius 1 is 1.16 bits per heavy atom. The molecule has 1 aliphatic rings. The maximum atomic E-state index is 12.7. The van der Waals surface area contributed by atoms with Crippen LogP contribution in [-0.2, 0) is 7.05 Å². The van der Waals surface area contributed by atoms with E-state index in [2.05, 4.69) is 30.6 Å². The molecule has 0 unspecified atom stereocenters. The molecule has 3 N–H and O–H groups in total. The Balaban J connectivity index is 1.37. The highest BCUT2D eigenvalue weighted by atomic mass is 35.5. The molecule has 32 heavy (non-hydrogen) atoms. The largest absolute Gasteiger partial charge is 0.349 e. The SMILES string of the molecule is Cn1cnc(-c2ccnc(Nc3cc(Cl)c4[nH]c(C(=O)NC5CCCCC5)cc4c3)n2)c1. The molecule has 0 spiro atoms. The van der Waals surface area contributed by atoms with Gasteiger partial charge in [-0.05, 0) is 37.1 Å². The molecule has 1 fully saturated rings. The summed E-state index contributed by atoms with van der Waals surface area (Å²) in [4.78, 5) is 29.1. The number of rotatable bonds is 5. The van der Waals surface area contributed by atoms with Crippen LogP contribution in [0.25, 0.3) is 22.3 Å². The highest BCUT2D eigenvalue weighted by Gasteiger charge is 2.18. The molecule has 1 aliphatic carbocycles. The van der Waals surface area contributed by atoms with Gasteiger partial charge in [-0.1, -0.05) is 30.9 Å². The van der Waals surface area contributed by atoms with E-state index in [0.29, 0.717) is 16.7 Å². The molecule has 1 aromatic carbocycles. The van der Waals surface area contributed by atoms with Crippen LogP contribution in [0.4, 0.5) is 11.6 Å². The molecule has 0 radical (unpaired) electrons. The molecule has 0 atom stereocenters. The van der Waals surface area contributed by atoms with Crippen molar-refractivity contribution in [2.24, 2.45) is 7.05 Å². The lowest BCUT2D eigenvalue weighted by atomic mass is 9.95. The van der Waals surface area contributed by atoms with Gasteiger partial charge in [0.2, 0.25) is 5.95 Å². The number of imidazole rings is 1. The van der Waals surface area contributed by atoms with Crippen molar-refractivity contribution in [3.8, 4) is 11.4 Å². The molecule has 5 rings (SSSR count). The van der Waals surface area contributed by atoms with Crippen molar-refractivity contribution in [3.05, 3.63) is 53.7 Å². The van der Waals surface area contributed by atoms with Crippen LogP contribution in [0, 0.1) is 0 Å². The third-order valence-corrected chi connectivity index (χ3v) is 6.04. The molecule has 0 aliphatic heterocycles. The number of carbonyl (C=O) groups is 1. The minimum absolute atomic E-state index is 0.0925. The Labute approximate surface area is 190 Å². The van der Waals surface area contributed by atoms with Gasteiger partial charge in [-0.2, -0.15) is 0 Å². The molecule has 0 bridgehead atoms. The smallest absolute Gasteiger partial charge is 0.267 e. The lowest BCUT2D eigenvalue weighted by Gasteiger charge is -2.22. The fourth-order valence-electron chi connectivity index (χ4n) is 4.14. The second kappa shape index (κ2) is 8.63. The first kappa shape index (κ1) is 20.5. The second-order valence-corrected chi connectivity index (χ2v) is 8.64. The van der Waals surface area contributed by atoms with Crippen LogP contribution in [-0.4, -0.2) is 36.5 Å². The molecule has 8 nitrogen and oxygen atoms in total. The third kappa shape index (κ3) is 4.31. The van der Waals surface area contributed by atoms with Gasteiger partial charge in [0.05, 0.1) is 22.6 Å². The number of amides is 1. The number of halogens is 1. The Bertz CT molecular complexity index is 1270. The average Bonchev–Trinajstić information content (AvgIpc) is 3.41. The molecule has 9 heteroatoms. The Morgan fingerprint density at radius 3 is 2.78 bits per heavy atom. The third-order valence-electron chi connectivity index (χ3n) is 5.74. The van der Waals surface area contributed by atoms with Gasteiger partial charge in [-0.15, -0.1) is 0 Å². The monoisotopic (exact) mass is 449 g/mol. The number of aryl methyl sites for hydroxylation is 1. The number of carbonyl (C=O) groups excluding carboxylic acids is 1. The molecule has 0 saturated heterocycles. The predicted octanol–water partition coefficient (Wildman–Crippen LogP) is 4.82. The van der Waals surface area contributed by atoms with Crippen LogP contribution in [0.15, 0.2) is 43.0 Å². The van der Waals surface area contributed by atoms with Crippen molar-refractivity contribution < 1.29 is 4.79 Å². The molecule has 164 valence electrons. The van der Waals surface area contributed by atoms with Crippen LogP contribution in [0.5, 0.6) is 0 Å². The van der Waals surface area contributed by atoms with Crippen molar-refractivity contribution in [1.82, 2.24) is 29.8 Å². The Morgan fingerprint density at radius 2 is 2.00 bits per heavy atom. The number of aromatic amines is 1. The number of benzene rings is 1. The lowest BCUT2D eigenvalue weighted by Crippen LogP contribution is -2.36. The number of H-pyrrole nitrogens is 1. The quantitative estimate of drug-likeness (QED) is 0.405. The zero-order chi connectivity index (χ0) is 22.1. The summed E-state index contributed by atoms with van der Waals surface area (Å²) >= 11 is 6.51. The molecular weight excluding hydrogens is 426 g/mol. The van der Waals surface area contributed by atoms with Gasteiger partial charge >= 0.3 is 0 Å². The number of aromatic nitrogens is 5. The van der Waals surface area contributed by atoms with Gasteiger partial charge in [0.25, 0.3) is 5.91 Å². The van der Waals surface area contributed by atoms with E-state index in [1.54, 1.807) is 18.6 Å². The van der Waals surface area contributed by atoms with Crippen LogP contribution >= 0.6 is 11.6 Å². The van der Waals surface area contributed by atoms with Gasteiger partial charge in [0.1, 0.15) is 11.4 Å². The van der Waals surface area contributed by atoms with Crippen molar-refractivity contribution in [1.29, 1.82) is 0 Å². The summed E-state index contributed by atoms with van der Waals surface area (Å²) in [5, 5.41) is 7.70. The summed E-state index contributed by atoms with van der Waals surface area (Å²) in [5.74, 6) is 0.347. The van der Waals surface area contributed by atoms with Gasteiger partial charge < -0.3 is 20.2 Å². The Hall–Kier alpha value is -3.39. The standard InChI is InChI=1S/C23H24ClN7O/c1-31-12-20(26-13-31)18-7-8-25-23(30-18)28-16-9-14-10-19(29-21(14)17(24)11-16)22(32)27-15-5-3-2-4-6-15/h7-13,15,29H,2-6H2,1H3,(H,27,32)(H,25,28,30). The van der Waals surface area contributed by atoms with Crippen LogP contribution < -0.4 is 10.6 Å². The summed E-state index contributed by atoms with van der Waals surface area (Å²) in [6, 6.07) is 7.60. The van der Waals surface area contributed by atoms with Crippen LogP contribution in [0.3, 0.4) is 0 Å². The van der Waals surface area contributed by atoms with E-state index in [1.807, 2.05) is 36.0 Å². The van der Waals surface area contributed by atoms with E-state index in [4.69, 9.17) is 11.6 Å². The molecule has 1 amide bonds. The zero-order valence-corrected chi connectivity index (χ0v) is 18.5. The minimum Gasteiger partial charge on any atom is -0.349 e. The fraction of sp³-hybridized carbons (Fsp3) is 0.304. The van der Waals surface area contributed by atoms with E-state index < -0.39 is 0 Å². The summed E-state index contributed by atoms with van der Waals surface area (Å²) in [5.41, 5.74) is 3.47. The first-order chi connectivity index (χ1) is 15.5. The first-order valence-corrected chi connectivity index (χ1v) is 11.1. The van der Waals surface area contributed by atoms with E-state index in [-0.39, 0.29) is 11.9 Å². The average molecular weight is 450 g/mol. The van der Waals surface area contributed by atoms with Gasteiger partial charge in [-0.25, -0.2) is 15.0 Å². The highest BCUT2D eigenvalue weighted by molar-refractivity contribution is 6.35. The minimum atomic E-state index is -0.0925. The normalized spacial score (nSPS) is 14.6. The molecule has 3 aromatic heterocycles. The maximum Gasteiger partial charge on any atom is 0.267 e. The van der Waals surface area contributed by atoms with Crippen molar-refractivity contribution in [2.45, 2.75) is 38.1 Å². The summed E-state index contributed by atoms with van der Waals surface area (Å²) in [6.45, 7) is 0. The van der Waals surface area contributed by atoms with Gasteiger partial charge in [0, 0.05) is 36.6 Å². The van der Waals surface area contributed by atoms with E-state index in [9.17, 15) is 4.79 Å². The molecular formula is C23H24ClN7O. The van der Waals surface area contributed by atoms with Gasteiger partial charge in [0.15, 0.2) is 0 Å². The summed E-state index contributed by atoms with van der Waals surface area (Å²) < 4.78 is 1.87. The van der Waals surface area contributed by atoms with Crippen LogP contribution in [0.2, 0.25) is 5.02 Å². The fourth-order valence-corrected chi connectivity index (χ4v) is 4.41. The van der Waals surface area contributed by atoms with Crippen molar-refractivity contribution >= 4 is 40.0 Å². The number of fused-ring (bicyclic) bond motifs is 1. The number of nitrogens with zero attached hydrogens (tertiary/aromatic N) is 4. The molecule has 3 heterocycles. The molecule has 4 aromatic rings. The number of anilines is 2. The van der Waals surface area contributed by atoms with E-state index in [0.717, 1.165) is 40.8 Å². The summed E-state index contributed by atoms with van der Waals surface area (Å²) in [7, 11) is 1.91. The van der Waals surface area contributed by atoms with E-state index in [1.165, 1.54) is 19.3 Å².